The van der Waals surface area contributed by atoms with Crippen LogP contribution in [-0.4, -0.2) is 38.7 Å². The Labute approximate surface area is 200 Å². The van der Waals surface area contributed by atoms with Crippen molar-refractivity contribution >= 4 is 35.2 Å². The molecule has 0 bridgehead atoms. The average Bonchev–Trinajstić information content (AvgIpc) is 3.01. The number of hydrogen-bond acceptors (Lipinski definition) is 6. The minimum atomic E-state index is -0.0241. The van der Waals surface area contributed by atoms with Gasteiger partial charge in [-0.3, -0.25) is 9.13 Å². The lowest BCUT2D eigenvalue weighted by Gasteiger charge is -2.33. The number of nitrogens with one attached hydrogen (secondary N) is 1. The highest BCUT2D eigenvalue weighted by atomic mass is 35.5. The molecule has 3 aromatic heterocycles. The number of piperidine rings is 1. The van der Waals surface area contributed by atoms with Crippen LogP contribution in [0.15, 0.2) is 35.3 Å². The largest absolute Gasteiger partial charge is 0.369 e. The van der Waals surface area contributed by atoms with E-state index in [2.05, 4.69) is 42.0 Å². The highest BCUT2D eigenvalue weighted by molar-refractivity contribution is 5.85. The van der Waals surface area contributed by atoms with Crippen LogP contribution >= 0.6 is 12.4 Å². The Morgan fingerprint density at radius 2 is 2.06 bits per heavy atom. The van der Waals surface area contributed by atoms with Gasteiger partial charge in [0.15, 0.2) is 5.65 Å². The molecule has 33 heavy (non-hydrogen) atoms. The van der Waals surface area contributed by atoms with Gasteiger partial charge in [-0.25, -0.2) is 14.8 Å². The molecule has 0 radical (unpaired) electrons. The first kappa shape index (κ1) is 24.6. The average molecular weight is 470 g/mol. The normalized spacial score (nSPS) is 16.3. The lowest BCUT2D eigenvalue weighted by molar-refractivity contribution is 0.342. The molecule has 1 fully saturated rings. The van der Waals surface area contributed by atoms with Crippen LogP contribution in [0.1, 0.15) is 39.2 Å². The molecule has 1 unspecified atom stereocenters. The summed E-state index contributed by atoms with van der Waals surface area (Å²) in [6, 6.07) is 9.79. The van der Waals surface area contributed by atoms with E-state index in [0.717, 1.165) is 49.5 Å². The number of nitriles is 1. The minimum Gasteiger partial charge on any atom is -0.369 e. The molecule has 0 aliphatic carbocycles. The summed E-state index contributed by atoms with van der Waals surface area (Å²) < 4.78 is 3.48. The second-order valence-electron chi connectivity index (χ2n) is 9.85. The molecule has 4 heterocycles. The maximum Gasteiger partial charge on any atom is 0.330 e. The van der Waals surface area contributed by atoms with Crippen molar-refractivity contribution in [2.24, 2.45) is 18.4 Å². The molecule has 0 saturated carbocycles. The predicted octanol–water partition coefficient (Wildman–Crippen LogP) is 3.80. The number of nitrogens with zero attached hydrogens (tertiary/aromatic N) is 6. The van der Waals surface area contributed by atoms with Crippen LogP contribution in [0.3, 0.4) is 0 Å². The van der Waals surface area contributed by atoms with Gasteiger partial charge < -0.3 is 10.2 Å². The van der Waals surface area contributed by atoms with Crippen molar-refractivity contribution in [3.63, 3.8) is 0 Å². The number of aromatic nitrogens is 4. The van der Waals surface area contributed by atoms with E-state index >= 15 is 0 Å². The van der Waals surface area contributed by atoms with Crippen LogP contribution in [0, 0.1) is 22.7 Å². The molecular weight excluding hydrogens is 438 g/mol. The van der Waals surface area contributed by atoms with Gasteiger partial charge in [-0.15, -0.1) is 12.4 Å². The van der Waals surface area contributed by atoms with Crippen molar-refractivity contribution < 1.29 is 0 Å². The Kier molecular flexibility index (Phi) is 7.33. The molecule has 0 amide bonds. The highest BCUT2D eigenvalue weighted by Crippen LogP contribution is 2.25. The Morgan fingerprint density at radius 3 is 2.79 bits per heavy atom. The number of fused-ring (bicyclic) bond motifs is 1. The maximum absolute atomic E-state index is 12.8. The molecule has 0 aromatic carbocycles. The molecule has 3 aromatic rings. The summed E-state index contributed by atoms with van der Waals surface area (Å²) in [5, 5.41) is 12.6. The standard InChI is InChI=1S/C24H31N7O.ClH/c1-24(2,3)16-31-19-9-10-20(28-22(19)29(4)23(31)32)30-12-6-7-17(15-30)14-27-21-18(13-25)8-5-11-26-21;/h5,8-11,17H,6-7,12,14-16H2,1-4H3,(H,26,27);1H. The monoisotopic (exact) mass is 469 g/mol. The summed E-state index contributed by atoms with van der Waals surface area (Å²) in [6.45, 7) is 9.62. The SMILES string of the molecule is Cl.Cn1c(=O)n(CC(C)(C)C)c2ccc(N3CCCC(CNc4ncccc4C#N)C3)nc21. The number of aryl methyl sites for hydroxylation is 1. The molecule has 0 spiro atoms. The highest BCUT2D eigenvalue weighted by Gasteiger charge is 2.23. The second-order valence-corrected chi connectivity index (χ2v) is 9.85. The van der Waals surface area contributed by atoms with Crippen molar-refractivity contribution in [1.82, 2.24) is 19.1 Å². The first-order chi connectivity index (χ1) is 15.3. The van der Waals surface area contributed by atoms with E-state index in [9.17, 15) is 10.1 Å². The maximum atomic E-state index is 12.8. The van der Waals surface area contributed by atoms with E-state index in [1.54, 1.807) is 29.9 Å². The zero-order valence-electron chi connectivity index (χ0n) is 19.7. The van der Waals surface area contributed by atoms with Crippen molar-refractivity contribution in [2.45, 2.75) is 40.2 Å². The van der Waals surface area contributed by atoms with Gasteiger partial charge in [0.2, 0.25) is 0 Å². The van der Waals surface area contributed by atoms with E-state index in [1.165, 1.54) is 0 Å². The molecule has 1 N–H and O–H groups in total. The molecular formula is C24H32ClN7O. The van der Waals surface area contributed by atoms with Crippen LogP contribution in [0.4, 0.5) is 11.6 Å². The molecule has 1 saturated heterocycles. The van der Waals surface area contributed by atoms with Gasteiger partial charge in [-0.2, -0.15) is 5.26 Å². The fraction of sp³-hybridized carbons (Fsp3) is 0.500. The lowest BCUT2D eigenvalue weighted by atomic mass is 9.97. The first-order valence-electron chi connectivity index (χ1n) is 11.2. The second kappa shape index (κ2) is 9.84. The van der Waals surface area contributed by atoms with Crippen molar-refractivity contribution in [1.29, 1.82) is 5.26 Å². The first-order valence-corrected chi connectivity index (χ1v) is 11.2. The van der Waals surface area contributed by atoms with E-state index in [1.807, 2.05) is 16.7 Å². The van der Waals surface area contributed by atoms with E-state index in [-0.39, 0.29) is 23.5 Å². The van der Waals surface area contributed by atoms with Crippen molar-refractivity contribution in [3.8, 4) is 6.07 Å². The van der Waals surface area contributed by atoms with Crippen LogP contribution < -0.4 is 15.9 Å². The lowest BCUT2D eigenvalue weighted by Crippen LogP contribution is -2.38. The zero-order chi connectivity index (χ0) is 22.9. The summed E-state index contributed by atoms with van der Waals surface area (Å²) >= 11 is 0. The molecule has 8 nitrogen and oxygen atoms in total. The molecule has 1 atom stereocenters. The number of imidazole rings is 1. The molecule has 9 heteroatoms. The van der Waals surface area contributed by atoms with Crippen LogP contribution in [0.2, 0.25) is 0 Å². The number of pyridine rings is 2. The Hall–Kier alpha value is -3.05. The fourth-order valence-electron chi connectivity index (χ4n) is 4.38. The quantitative estimate of drug-likeness (QED) is 0.611. The number of anilines is 2. The Bertz CT molecular complexity index is 1220. The van der Waals surface area contributed by atoms with Gasteiger partial charge in [0, 0.05) is 39.4 Å². The summed E-state index contributed by atoms with van der Waals surface area (Å²) in [7, 11) is 1.79. The molecule has 176 valence electrons. The third-order valence-electron chi connectivity index (χ3n) is 5.93. The predicted molar refractivity (Wildman–Crippen MR) is 134 cm³/mol. The van der Waals surface area contributed by atoms with E-state index in [4.69, 9.17) is 4.98 Å². The van der Waals surface area contributed by atoms with Gasteiger partial charge in [-0.05, 0) is 48.4 Å². The Balaban J connectivity index is 0.00000306. The third-order valence-corrected chi connectivity index (χ3v) is 5.93. The summed E-state index contributed by atoms with van der Waals surface area (Å²) in [4.78, 5) is 24.3. The van der Waals surface area contributed by atoms with Crippen LogP contribution in [0.5, 0.6) is 0 Å². The molecule has 4 rings (SSSR count). The van der Waals surface area contributed by atoms with Crippen molar-refractivity contribution in [3.05, 3.63) is 46.5 Å². The summed E-state index contributed by atoms with van der Waals surface area (Å²) in [5.41, 5.74) is 2.15. The molecule has 1 aliphatic heterocycles. The third kappa shape index (κ3) is 5.31. The smallest absolute Gasteiger partial charge is 0.330 e. The van der Waals surface area contributed by atoms with Gasteiger partial charge >= 0.3 is 5.69 Å². The van der Waals surface area contributed by atoms with Gasteiger partial charge in [0.1, 0.15) is 17.7 Å². The van der Waals surface area contributed by atoms with Gasteiger partial charge in [-0.1, -0.05) is 20.8 Å². The van der Waals surface area contributed by atoms with Crippen LogP contribution in [-0.2, 0) is 13.6 Å². The Morgan fingerprint density at radius 1 is 1.27 bits per heavy atom. The summed E-state index contributed by atoms with van der Waals surface area (Å²) in [6.07, 6.45) is 3.88. The minimum absolute atomic E-state index is 0. The van der Waals surface area contributed by atoms with Gasteiger partial charge in [0.05, 0.1) is 11.1 Å². The number of hydrogen-bond donors (Lipinski definition) is 1. The van der Waals surface area contributed by atoms with Crippen LogP contribution in [0.25, 0.3) is 11.2 Å². The van der Waals surface area contributed by atoms with E-state index in [0.29, 0.717) is 23.8 Å². The molecule has 1 aliphatic rings. The van der Waals surface area contributed by atoms with Crippen molar-refractivity contribution in [2.75, 3.05) is 29.9 Å². The zero-order valence-corrected chi connectivity index (χ0v) is 20.5. The van der Waals surface area contributed by atoms with E-state index < -0.39 is 0 Å². The van der Waals surface area contributed by atoms with Gasteiger partial charge in [0.25, 0.3) is 0 Å². The fourth-order valence-corrected chi connectivity index (χ4v) is 4.38. The summed E-state index contributed by atoms with van der Waals surface area (Å²) in [5.74, 6) is 1.97. The topological polar surface area (TPSA) is 91.8 Å². The number of rotatable bonds is 5. The number of halogens is 1.